The van der Waals surface area contributed by atoms with Gasteiger partial charge in [-0.05, 0) is 86.1 Å². The molecule has 0 saturated heterocycles. The van der Waals surface area contributed by atoms with Gasteiger partial charge in [0.25, 0.3) is 0 Å². The Morgan fingerprint density at radius 2 is 0.839 bits per heavy atom. The van der Waals surface area contributed by atoms with E-state index < -0.39 is 0 Å². The minimum absolute atomic E-state index is 0. The van der Waals surface area contributed by atoms with Crippen molar-refractivity contribution >= 4 is 41.4 Å². The number of fused-ring (bicyclic) bond motifs is 5. The molecule has 2 heteroatoms. The number of hydrogen-bond acceptors (Lipinski definition) is 0. The van der Waals surface area contributed by atoms with E-state index in [4.69, 9.17) is 0 Å². The zero-order valence-electron chi connectivity index (χ0n) is 36.4. The van der Waals surface area contributed by atoms with Gasteiger partial charge in [-0.15, -0.1) is 74.6 Å². The van der Waals surface area contributed by atoms with Crippen molar-refractivity contribution in [2.45, 2.75) is 41.5 Å². The first-order valence-electron chi connectivity index (χ1n) is 21.3. The first kappa shape index (κ1) is 42.7. The molecule has 2 radical (unpaired) electrons. The molecule has 0 spiro atoms. The summed E-state index contributed by atoms with van der Waals surface area (Å²) in [6, 6.07) is 70.9. The van der Waals surface area contributed by atoms with Crippen LogP contribution in [0.1, 0.15) is 33.4 Å². The van der Waals surface area contributed by atoms with Gasteiger partial charge >= 0.3 is 0 Å². The second kappa shape index (κ2) is 18.6. The van der Waals surface area contributed by atoms with Crippen molar-refractivity contribution in [2.75, 3.05) is 0 Å². The van der Waals surface area contributed by atoms with Crippen molar-refractivity contribution in [3.8, 4) is 55.6 Å². The quantitative estimate of drug-likeness (QED) is 0.122. The minimum Gasteiger partial charge on any atom is -0.184 e. The van der Waals surface area contributed by atoms with Crippen molar-refractivity contribution in [2.24, 2.45) is 0 Å². The average molecular weight is 977 g/mol. The molecule has 0 N–H and O–H groups in total. The third-order valence-electron chi connectivity index (χ3n) is 12.7. The summed E-state index contributed by atoms with van der Waals surface area (Å²) in [6.45, 7) is 13.3. The molecule has 0 amide bonds. The number of benzene rings is 8. The number of rotatable bonds is 4. The van der Waals surface area contributed by atoms with Crippen LogP contribution in [0.2, 0.25) is 0 Å². The van der Waals surface area contributed by atoms with Crippen LogP contribution >= 0.6 is 0 Å². The standard InChI is InChI=1S/2C24H21.C12H7Si.Hf/c2*1-16-12-13-22(18(3)17(16)2)23-11-7-10-20-14-21(15-24(20)23)19-8-5-4-6-9-19;1-3-7-11-9(5-1)10-6-2-4-8-12(10)13-11;/h2*4-15H,1-3H3;1-7H;/q3*-1;. The van der Waals surface area contributed by atoms with E-state index in [1.54, 1.807) is 0 Å². The molecular formula is C60H49HfSi-3. The third-order valence-corrected chi connectivity index (χ3v) is 14.1. The van der Waals surface area contributed by atoms with Crippen LogP contribution in [0.4, 0.5) is 0 Å². The molecule has 300 valence electrons. The van der Waals surface area contributed by atoms with Crippen LogP contribution in [0.5, 0.6) is 0 Å². The monoisotopic (exact) mass is 977 g/mol. The molecule has 1 aliphatic heterocycles. The van der Waals surface area contributed by atoms with Gasteiger partial charge in [-0.3, -0.25) is 0 Å². The largest absolute Gasteiger partial charge is 0.184 e. The molecule has 0 bridgehead atoms. The topological polar surface area (TPSA) is 0 Å². The van der Waals surface area contributed by atoms with E-state index >= 15 is 0 Å². The Bertz CT molecular complexity index is 2950. The van der Waals surface area contributed by atoms with Crippen LogP contribution in [0.3, 0.4) is 0 Å². The molecule has 0 fully saturated rings. The second-order valence-electron chi connectivity index (χ2n) is 16.3. The second-order valence-corrected chi connectivity index (χ2v) is 17.6. The summed E-state index contributed by atoms with van der Waals surface area (Å²) in [5.74, 6) is 0. The molecular weight excluding hydrogens is 927 g/mol. The summed E-state index contributed by atoms with van der Waals surface area (Å²) in [6.07, 6.45) is 0. The Morgan fingerprint density at radius 1 is 0.387 bits per heavy atom. The fourth-order valence-corrected chi connectivity index (χ4v) is 10.1. The molecule has 0 aromatic heterocycles. The minimum atomic E-state index is 0. The van der Waals surface area contributed by atoms with Gasteiger partial charge in [0.05, 0.1) is 9.52 Å². The Balaban J connectivity index is 0.000000132. The Kier molecular flexibility index (Phi) is 12.8. The van der Waals surface area contributed by atoms with Gasteiger partial charge in [0.1, 0.15) is 0 Å². The summed E-state index contributed by atoms with van der Waals surface area (Å²) in [7, 11) is 0.795. The summed E-state index contributed by atoms with van der Waals surface area (Å²) < 4.78 is 0. The Labute approximate surface area is 389 Å². The van der Waals surface area contributed by atoms with Crippen molar-refractivity contribution in [1.29, 1.82) is 0 Å². The van der Waals surface area contributed by atoms with Gasteiger partial charge in [-0.25, -0.2) is 0 Å². The Hall–Kier alpha value is -5.93. The van der Waals surface area contributed by atoms with E-state index in [0.29, 0.717) is 0 Å². The normalized spacial score (nSPS) is 11.2. The molecule has 0 atom stereocenters. The molecule has 1 aliphatic rings. The van der Waals surface area contributed by atoms with E-state index in [0.717, 1.165) is 9.52 Å². The summed E-state index contributed by atoms with van der Waals surface area (Å²) in [4.78, 5) is 0. The summed E-state index contributed by atoms with van der Waals surface area (Å²) >= 11 is 0. The molecule has 10 aromatic rings. The first-order valence-corrected chi connectivity index (χ1v) is 22.3. The number of hydrogen-bond donors (Lipinski definition) is 0. The molecule has 0 aliphatic carbocycles. The molecule has 62 heavy (non-hydrogen) atoms. The average Bonchev–Trinajstić information content (AvgIpc) is 4.05. The van der Waals surface area contributed by atoms with Gasteiger partial charge in [0.15, 0.2) is 0 Å². The van der Waals surface area contributed by atoms with E-state index in [1.165, 1.54) is 121 Å². The summed E-state index contributed by atoms with van der Waals surface area (Å²) in [5, 5.41) is 8.11. The maximum atomic E-state index is 3.31. The first-order chi connectivity index (χ1) is 29.7. The predicted molar refractivity (Wildman–Crippen MR) is 265 cm³/mol. The maximum absolute atomic E-state index is 3.31. The van der Waals surface area contributed by atoms with Crippen LogP contribution < -0.4 is 10.4 Å². The van der Waals surface area contributed by atoms with Crippen molar-refractivity contribution in [3.63, 3.8) is 0 Å². The van der Waals surface area contributed by atoms with Crippen molar-refractivity contribution in [1.82, 2.24) is 0 Å². The summed E-state index contributed by atoms with van der Waals surface area (Å²) in [5.41, 5.74) is 21.5. The van der Waals surface area contributed by atoms with E-state index in [1.807, 2.05) is 6.07 Å². The Morgan fingerprint density at radius 3 is 1.35 bits per heavy atom. The van der Waals surface area contributed by atoms with Crippen LogP contribution in [0, 0.1) is 47.6 Å². The molecule has 11 rings (SSSR count). The fourth-order valence-electron chi connectivity index (χ4n) is 8.76. The molecule has 0 nitrogen and oxygen atoms in total. The zero-order chi connectivity index (χ0) is 42.0. The predicted octanol–water partition coefficient (Wildman–Crippen LogP) is 14.8. The van der Waals surface area contributed by atoms with Crippen LogP contribution in [-0.2, 0) is 25.8 Å². The van der Waals surface area contributed by atoms with Gasteiger partial charge in [0.2, 0.25) is 0 Å². The fraction of sp³-hybridized carbons (Fsp3) is 0.100. The number of aryl methyl sites for hydroxylation is 2. The van der Waals surface area contributed by atoms with Gasteiger partial charge < -0.3 is 0 Å². The van der Waals surface area contributed by atoms with Crippen LogP contribution in [0.15, 0.2) is 188 Å². The smallest absolute Gasteiger partial charge is 0.0920 e. The van der Waals surface area contributed by atoms with E-state index in [-0.39, 0.29) is 25.8 Å². The van der Waals surface area contributed by atoms with Crippen molar-refractivity contribution < 1.29 is 25.8 Å². The molecule has 0 saturated carbocycles. The zero-order valence-corrected chi connectivity index (χ0v) is 41.0. The van der Waals surface area contributed by atoms with Gasteiger partial charge in [-0.2, -0.15) is 29.5 Å². The molecule has 0 unspecified atom stereocenters. The van der Waals surface area contributed by atoms with E-state index in [9.17, 15) is 0 Å². The molecule has 10 aromatic carbocycles. The van der Waals surface area contributed by atoms with E-state index in [2.05, 4.69) is 230 Å². The van der Waals surface area contributed by atoms with Crippen LogP contribution in [0.25, 0.3) is 77.2 Å². The third kappa shape index (κ3) is 8.47. The maximum Gasteiger partial charge on any atom is 0.0920 e. The SMILES string of the molecule is Cc1ccc(-c2cccc3[cH-]c(-c4ccccc4)cc23)c(C)c1C.Cc1ccc(-c2cccc3[cH-]c(-c4ccccc4)cc23)c(C)c1C.[Hf].[c-]1cccc2c1[Si]c1ccccc1-2. The van der Waals surface area contributed by atoms with Crippen molar-refractivity contribution in [3.05, 3.63) is 228 Å². The van der Waals surface area contributed by atoms with Gasteiger partial charge in [-0.1, -0.05) is 166 Å². The van der Waals surface area contributed by atoms with Gasteiger partial charge in [0, 0.05) is 25.8 Å². The molecule has 1 heterocycles. The van der Waals surface area contributed by atoms with Crippen LogP contribution in [-0.4, -0.2) is 9.52 Å².